The van der Waals surface area contributed by atoms with Crippen molar-refractivity contribution in [2.75, 3.05) is 0 Å². The molecule has 0 aliphatic heterocycles. The summed E-state index contributed by atoms with van der Waals surface area (Å²) in [7, 11) is 0. The zero-order valence-corrected chi connectivity index (χ0v) is 21.0. The summed E-state index contributed by atoms with van der Waals surface area (Å²) in [5.74, 6) is 0. The largest absolute Gasteiger partial charge is 0.147 e. The van der Waals surface area contributed by atoms with Crippen molar-refractivity contribution in [3.8, 4) is 0 Å². The second-order valence-corrected chi connectivity index (χ2v) is 36.8. The van der Waals surface area contributed by atoms with Crippen LogP contribution in [0.3, 0.4) is 0 Å². The maximum absolute atomic E-state index is 3.13. The van der Waals surface area contributed by atoms with Gasteiger partial charge in [0.2, 0.25) is 0 Å². The van der Waals surface area contributed by atoms with Crippen molar-refractivity contribution in [3.05, 3.63) is 82.9 Å². The average molecular weight is 483 g/mol. The maximum Gasteiger partial charge on any atom is -0.147 e. The molecule has 138 valence electrons. The van der Waals surface area contributed by atoms with Crippen LogP contribution in [-0.2, 0) is 17.4 Å². The summed E-state index contributed by atoms with van der Waals surface area (Å²) in [6.07, 6.45) is 11.2. The normalized spacial score (nSPS) is 20.1. The van der Waals surface area contributed by atoms with E-state index in [0.29, 0.717) is 7.25 Å². The zero-order chi connectivity index (χ0) is 16.8. The Morgan fingerprint density at radius 1 is 0.808 bits per heavy atom. The third kappa shape index (κ3) is 3.28. The molecule has 2 aromatic carbocycles. The topological polar surface area (TPSA) is 0 Å². The maximum atomic E-state index is 2.73. The van der Waals surface area contributed by atoms with E-state index >= 15 is 0 Å². The quantitative estimate of drug-likeness (QED) is 0.438. The molecule has 0 nitrogen and oxygen atoms in total. The van der Waals surface area contributed by atoms with Gasteiger partial charge < -0.3 is 0 Å². The van der Waals surface area contributed by atoms with Crippen LogP contribution in [0.2, 0.25) is 8.76 Å². The molecule has 0 radical (unpaired) electrons. The Bertz CT molecular complexity index is 864. The standard InChI is InChI=1S/2C9H7.C3H7.CH3.2ClH.H2Si.Zr/c2*1-2-5-9-7-3-6-8(9)4-1;1-3-2;;;;;/h2*1-7H;1,3H2,2H3;1H3;2*1H;1H2;. The number of fused-ring (bicyclic) bond motifs is 2. The van der Waals surface area contributed by atoms with Crippen LogP contribution in [-0.4, -0.2) is 6.88 Å². The molecule has 0 aromatic heterocycles. The Labute approximate surface area is 172 Å². The van der Waals surface area contributed by atoms with Gasteiger partial charge in [0.15, 0.2) is 0 Å². The first-order valence-electron chi connectivity index (χ1n) is 9.13. The molecule has 0 amide bonds. The van der Waals surface area contributed by atoms with E-state index in [1.807, 2.05) is 0 Å². The second kappa shape index (κ2) is 7.92. The third-order valence-electron chi connectivity index (χ3n) is 6.42. The molecule has 4 rings (SSSR count). The molecular weight excluding hydrogens is 454 g/mol. The van der Waals surface area contributed by atoms with Crippen molar-refractivity contribution in [2.24, 2.45) is 0 Å². The molecule has 0 bridgehead atoms. The van der Waals surface area contributed by atoms with E-state index in [1.54, 1.807) is 11.1 Å². The fourth-order valence-corrected chi connectivity index (χ4v) is 26.7. The van der Waals surface area contributed by atoms with Crippen molar-refractivity contribution in [1.82, 2.24) is 0 Å². The molecule has 2 aliphatic rings. The first-order valence-corrected chi connectivity index (χ1v) is 22.1. The molecule has 2 atom stereocenters. The first kappa shape index (κ1) is 21.9. The molecule has 0 saturated carbocycles. The van der Waals surface area contributed by atoms with Crippen LogP contribution in [0, 0.1) is 0 Å². The molecule has 0 spiro atoms. The minimum absolute atomic E-state index is 0. The van der Waals surface area contributed by atoms with Crippen molar-refractivity contribution in [3.63, 3.8) is 0 Å². The molecule has 2 aliphatic carbocycles. The number of rotatable bonds is 4. The van der Waals surface area contributed by atoms with Gasteiger partial charge in [0.05, 0.1) is 0 Å². The fourth-order valence-electron chi connectivity index (χ4n) is 5.22. The van der Waals surface area contributed by atoms with Crippen LogP contribution >= 0.6 is 24.8 Å². The monoisotopic (exact) mass is 480 g/mol. The summed E-state index contributed by atoms with van der Waals surface area (Å²) < 4.78 is 5.49. The number of allylic oxidation sites excluding steroid dienone is 2. The van der Waals surface area contributed by atoms with E-state index in [2.05, 4.69) is 91.3 Å². The zero-order valence-electron chi connectivity index (χ0n) is 15.5. The van der Waals surface area contributed by atoms with Crippen LogP contribution in [0.4, 0.5) is 0 Å². The van der Waals surface area contributed by atoms with Gasteiger partial charge in [-0.2, -0.15) is 0 Å². The van der Waals surface area contributed by atoms with Crippen molar-refractivity contribution < 1.29 is 17.4 Å². The molecule has 2 aromatic rings. The molecule has 26 heavy (non-hydrogen) atoms. The van der Waals surface area contributed by atoms with E-state index in [1.165, 1.54) is 21.7 Å². The summed E-state index contributed by atoms with van der Waals surface area (Å²) in [5, 5.41) is 0. The molecule has 4 heteroatoms. The number of halogens is 2. The van der Waals surface area contributed by atoms with Crippen LogP contribution in [0.25, 0.3) is 12.2 Å². The molecule has 0 N–H and O–H groups in total. The van der Waals surface area contributed by atoms with E-state index < -0.39 is 17.4 Å². The Morgan fingerprint density at radius 2 is 1.23 bits per heavy atom. The minimum Gasteiger partial charge on any atom is -0.147 e. The van der Waals surface area contributed by atoms with Gasteiger partial charge in [0.1, 0.15) is 0 Å². The smallest absolute Gasteiger partial charge is 0.147 e. The minimum atomic E-state index is -3.13. The van der Waals surface area contributed by atoms with Crippen LogP contribution in [0.5, 0.6) is 0 Å². The van der Waals surface area contributed by atoms with Crippen molar-refractivity contribution in [2.45, 2.75) is 29.4 Å². The molecule has 0 heterocycles. The van der Waals surface area contributed by atoms with Gasteiger partial charge in [-0.25, -0.2) is 0 Å². The van der Waals surface area contributed by atoms with Gasteiger partial charge in [-0.05, 0) is 0 Å². The van der Waals surface area contributed by atoms with Gasteiger partial charge in [-0.15, -0.1) is 24.8 Å². The van der Waals surface area contributed by atoms with Crippen LogP contribution < -0.4 is 0 Å². The SMILES string of the molecule is CC[CH2][Zr]([CH3])(=[SiH2])([CH]1C=Cc2ccccc21)[CH]1C=Cc2ccccc21.Cl.Cl. The summed E-state index contributed by atoms with van der Waals surface area (Å²) in [5.41, 5.74) is 6.07. The van der Waals surface area contributed by atoms with Crippen LogP contribution in [0.1, 0.15) is 42.8 Å². The Hall–Kier alpha value is -0.400. The van der Waals surface area contributed by atoms with Gasteiger partial charge in [-0.3, -0.25) is 0 Å². The summed E-state index contributed by atoms with van der Waals surface area (Å²) in [6.45, 7) is 4.83. The summed E-state index contributed by atoms with van der Waals surface area (Å²) >= 11 is -3.13. The Morgan fingerprint density at radius 3 is 1.65 bits per heavy atom. The van der Waals surface area contributed by atoms with Gasteiger partial charge in [0.25, 0.3) is 0 Å². The number of hydrogen-bond donors (Lipinski definition) is 0. The second-order valence-electron chi connectivity index (χ2n) is 8.20. The van der Waals surface area contributed by atoms with Crippen LogP contribution in [0.15, 0.2) is 60.7 Å². The van der Waals surface area contributed by atoms with Crippen molar-refractivity contribution in [1.29, 1.82) is 0 Å². The number of benzene rings is 2. The fraction of sp³-hybridized carbons (Fsp3) is 0.273. The number of hydrogen-bond acceptors (Lipinski definition) is 0. The molecular formula is C22H28Cl2SiZr. The van der Waals surface area contributed by atoms with E-state index in [9.17, 15) is 0 Å². The van der Waals surface area contributed by atoms with E-state index in [4.69, 9.17) is 0 Å². The predicted octanol–water partition coefficient (Wildman–Crippen LogP) is 6.48. The van der Waals surface area contributed by atoms with Gasteiger partial charge in [-0.1, -0.05) is 0 Å². The third-order valence-corrected chi connectivity index (χ3v) is 30.1. The van der Waals surface area contributed by atoms with E-state index in [-0.39, 0.29) is 24.8 Å². The van der Waals surface area contributed by atoms with Gasteiger partial charge in [0, 0.05) is 0 Å². The Balaban J connectivity index is 0.00000121. The average Bonchev–Trinajstić information content (AvgIpc) is 3.20. The molecule has 0 fully saturated rings. The molecule has 2 unspecified atom stereocenters. The summed E-state index contributed by atoms with van der Waals surface area (Å²) in [6, 6.07) is 18.1. The van der Waals surface area contributed by atoms with Crippen molar-refractivity contribution >= 4 is 43.8 Å². The predicted molar refractivity (Wildman–Crippen MR) is 120 cm³/mol. The summed E-state index contributed by atoms with van der Waals surface area (Å²) in [4.78, 5) is 0. The molecule has 0 saturated heterocycles. The van der Waals surface area contributed by atoms with E-state index in [0.717, 1.165) is 0 Å². The first-order chi connectivity index (χ1) is 11.5. The Kier molecular flexibility index (Phi) is 6.67. The van der Waals surface area contributed by atoms with Gasteiger partial charge >= 0.3 is 149 Å².